The van der Waals surface area contributed by atoms with E-state index in [1.54, 1.807) is 0 Å². The van der Waals surface area contributed by atoms with Crippen molar-refractivity contribution < 1.29 is 18.0 Å². The smallest absolute Gasteiger partial charge is 0.214 e. The molecule has 0 amide bonds. The van der Waals surface area contributed by atoms with E-state index in [0.717, 1.165) is 80.9 Å². The van der Waals surface area contributed by atoms with Gasteiger partial charge in [0.25, 0.3) is 0 Å². The zero-order valence-electron chi connectivity index (χ0n) is 30.4. The van der Waals surface area contributed by atoms with Crippen molar-refractivity contribution in [2.24, 2.45) is 0 Å². The first-order valence-corrected chi connectivity index (χ1v) is 19.0. The zero-order chi connectivity index (χ0) is 35.9. The molecule has 0 saturated heterocycles. The second-order valence-corrected chi connectivity index (χ2v) is 14.8. The summed E-state index contributed by atoms with van der Waals surface area (Å²) < 4.78 is 17.6. The Kier molecular flexibility index (Phi) is 6.90. The van der Waals surface area contributed by atoms with E-state index in [4.69, 9.17) is 8.83 Å². The molecule has 4 nitrogen and oxygen atoms in total. The quantitative estimate of drug-likeness (QED) is 0.172. The highest BCUT2D eigenvalue weighted by molar-refractivity contribution is 6.08. The Balaban J connectivity index is 1.02. The minimum Gasteiger partial charge on any atom is -0.455 e. The number of pyridine rings is 2. The van der Waals surface area contributed by atoms with Crippen LogP contribution >= 0.6 is 0 Å². The molecule has 0 spiro atoms. The monoisotopic (exact) mass is 698 g/mol. The molecule has 6 heterocycles. The molecule has 4 heteroatoms. The highest BCUT2D eigenvalue weighted by Gasteiger charge is 2.36. The predicted octanol–water partition coefficient (Wildman–Crippen LogP) is 11.5. The van der Waals surface area contributed by atoms with Crippen molar-refractivity contribution in [3.63, 3.8) is 0 Å². The molecule has 2 aliphatic rings. The molecule has 11 rings (SSSR count). The highest BCUT2D eigenvalue weighted by atomic mass is 16.3. The van der Waals surface area contributed by atoms with E-state index in [0.29, 0.717) is 0 Å². The molecule has 9 aromatic rings. The van der Waals surface area contributed by atoms with Gasteiger partial charge < -0.3 is 8.83 Å². The lowest BCUT2D eigenvalue weighted by molar-refractivity contribution is -0.689. The highest BCUT2D eigenvalue weighted by Crippen LogP contribution is 2.43. The molecule has 258 valence electrons. The summed E-state index contributed by atoms with van der Waals surface area (Å²) in [5, 5.41) is 4.61. The molecule has 0 unspecified atom stereocenters. The lowest BCUT2D eigenvalue weighted by Gasteiger charge is -2.27. The first-order chi connectivity index (χ1) is 26.6. The van der Waals surface area contributed by atoms with Crippen molar-refractivity contribution in [2.45, 2.75) is 39.8 Å². The van der Waals surface area contributed by atoms with Gasteiger partial charge in [0.1, 0.15) is 22.3 Å². The summed E-state index contributed by atoms with van der Waals surface area (Å²) in [6.07, 6.45) is 15.5. The Morgan fingerprint density at radius 2 is 0.926 bits per heavy atom. The van der Waals surface area contributed by atoms with Gasteiger partial charge in [-0.3, -0.25) is 0 Å². The number of aromatic nitrogens is 2. The number of benzene rings is 5. The molecule has 5 aromatic carbocycles. The number of rotatable bonds is 4. The first kappa shape index (κ1) is 31.0. The maximum atomic E-state index is 6.35. The van der Waals surface area contributed by atoms with Crippen LogP contribution in [0.4, 0.5) is 0 Å². The van der Waals surface area contributed by atoms with Crippen LogP contribution in [0.25, 0.3) is 90.7 Å². The average molecular weight is 699 g/mol. The lowest BCUT2D eigenvalue weighted by Crippen LogP contribution is -2.43. The summed E-state index contributed by atoms with van der Waals surface area (Å²) in [5.41, 5.74) is 19.4. The van der Waals surface area contributed by atoms with Gasteiger partial charge in [0.05, 0.1) is 11.1 Å². The molecule has 4 aromatic heterocycles. The molecular formula is C50H38N2O2+2. The molecule has 0 fully saturated rings. The van der Waals surface area contributed by atoms with E-state index in [9.17, 15) is 0 Å². The number of fused-ring (bicyclic) bond motifs is 13. The predicted molar refractivity (Wildman–Crippen MR) is 220 cm³/mol. The van der Waals surface area contributed by atoms with Gasteiger partial charge in [-0.25, -0.2) is 0 Å². The van der Waals surface area contributed by atoms with E-state index in [1.807, 2.05) is 24.3 Å². The Labute approximate surface area is 313 Å². The van der Waals surface area contributed by atoms with Gasteiger partial charge in [0.2, 0.25) is 11.4 Å². The third kappa shape index (κ3) is 4.76. The van der Waals surface area contributed by atoms with Crippen molar-refractivity contribution in [3.8, 4) is 22.5 Å². The minimum atomic E-state index is 0.922. The maximum absolute atomic E-state index is 6.35. The number of aryl methyl sites for hydroxylation is 2. The van der Waals surface area contributed by atoms with Gasteiger partial charge in [-0.1, -0.05) is 97.1 Å². The van der Waals surface area contributed by atoms with Gasteiger partial charge >= 0.3 is 0 Å². The summed E-state index contributed by atoms with van der Waals surface area (Å²) in [5.74, 6) is 0. The van der Waals surface area contributed by atoms with Gasteiger partial charge in [-0.15, -0.1) is 0 Å². The van der Waals surface area contributed by atoms with Crippen LogP contribution in [0.15, 0.2) is 130 Å². The number of nitrogens with zero attached hydrogens (tertiary/aromatic N) is 2. The van der Waals surface area contributed by atoms with Crippen LogP contribution in [0.5, 0.6) is 0 Å². The summed E-state index contributed by atoms with van der Waals surface area (Å²) in [6, 6.07) is 38.7. The lowest BCUT2D eigenvalue weighted by atomic mass is 9.79. The fourth-order valence-electron chi connectivity index (χ4n) is 9.08. The van der Waals surface area contributed by atoms with Crippen LogP contribution in [-0.2, 0) is 25.9 Å². The van der Waals surface area contributed by atoms with Crippen molar-refractivity contribution in [3.05, 3.63) is 166 Å². The SMILES string of the molecule is Cc1c(C)c2c(c3c1CC[n+]1ccc(/C=C/c4cccc5c4oc4ccccc45)cc1-3)-c1cc(/C=C/c3cccc4c3oc3ccccc34)cc[n+]1CC2. The first-order valence-electron chi connectivity index (χ1n) is 19.0. The molecule has 0 radical (unpaired) electrons. The van der Waals surface area contributed by atoms with E-state index in [1.165, 1.54) is 55.9 Å². The third-order valence-electron chi connectivity index (χ3n) is 11.9. The number of furan rings is 2. The van der Waals surface area contributed by atoms with Gasteiger partial charge in [-0.05, 0) is 59.4 Å². The van der Waals surface area contributed by atoms with Crippen LogP contribution in [0.1, 0.15) is 44.5 Å². The molecule has 0 aliphatic carbocycles. The summed E-state index contributed by atoms with van der Waals surface area (Å²) in [4.78, 5) is 0. The normalized spacial score (nSPS) is 13.7. The fraction of sp³-hybridized carbons (Fsp3) is 0.120. The van der Waals surface area contributed by atoms with E-state index in [-0.39, 0.29) is 0 Å². The zero-order valence-corrected chi connectivity index (χ0v) is 30.4. The molecule has 54 heavy (non-hydrogen) atoms. The van der Waals surface area contributed by atoms with Crippen LogP contribution in [-0.4, -0.2) is 0 Å². The van der Waals surface area contributed by atoms with E-state index in [2.05, 4.69) is 145 Å². The number of hydrogen-bond acceptors (Lipinski definition) is 2. The van der Waals surface area contributed by atoms with Crippen LogP contribution in [0.3, 0.4) is 0 Å². The van der Waals surface area contributed by atoms with Crippen LogP contribution in [0, 0.1) is 13.8 Å². The molecule has 0 saturated carbocycles. The van der Waals surface area contributed by atoms with Gasteiger partial charge in [-0.2, -0.15) is 9.13 Å². The van der Waals surface area contributed by atoms with E-state index >= 15 is 0 Å². The second-order valence-electron chi connectivity index (χ2n) is 14.8. The Morgan fingerprint density at radius 1 is 0.481 bits per heavy atom. The third-order valence-corrected chi connectivity index (χ3v) is 11.9. The molecule has 0 N–H and O–H groups in total. The fourth-order valence-corrected chi connectivity index (χ4v) is 9.08. The Hall–Kier alpha value is -6.52. The minimum absolute atomic E-state index is 0.922. The molecule has 2 aliphatic heterocycles. The van der Waals surface area contributed by atoms with Crippen LogP contribution in [0.2, 0.25) is 0 Å². The topological polar surface area (TPSA) is 34.0 Å². The molecule has 0 bridgehead atoms. The summed E-state index contributed by atoms with van der Waals surface area (Å²) in [6.45, 7) is 6.62. The standard InChI is InChI=1S/C50H38N2O2/c1-31-32(2)38-24-28-52-26-22-34(18-20-36-10-8-14-42-40-12-4-6-16-46(40)54-50(36)42)30-44(52)48(38)47-37(31)23-27-51-25-21-33(29-43(47)51)17-19-35-9-7-13-41-39-11-3-5-15-45(39)53-49(35)41/h3-22,25-26,29-30H,23-24,27-28H2,1-2H3/q+2/b19-17+,20-18+. The molecular weight excluding hydrogens is 661 g/mol. The molecule has 0 atom stereocenters. The van der Waals surface area contributed by atoms with Crippen molar-refractivity contribution in [1.82, 2.24) is 0 Å². The number of para-hydroxylation sites is 4. The van der Waals surface area contributed by atoms with Crippen molar-refractivity contribution in [1.29, 1.82) is 0 Å². The van der Waals surface area contributed by atoms with Crippen LogP contribution < -0.4 is 9.13 Å². The van der Waals surface area contributed by atoms with Crippen molar-refractivity contribution >= 4 is 68.2 Å². The second kappa shape index (κ2) is 12.0. The van der Waals surface area contributed by atoms with Gasteiger partial charge in [0, 0.05) is 69.8 Å². The largest absolute Gasteiger partial charge is 0.455 e. The van der Waals surface area contributed by atoms with Crippen molar-refractivity contribution in [2.75, 3.05) is 0 Å². The summed E-state index contributed by atoms with van der Waals surface area (Å²) >= 11 is 0. The Bertz CT molecular complexity index is 2870. The Morgan fingerprint density at radius 3 is 1.41 bits per heavy atom. The average Bonchev–Trinajstić information content (AvgIpc) is 3.80. The number of hydrogen-bond donors (Lipinski definition) is 0. The van der Waals surface area contributed by atoms with Gasteiger partial charge in [0.15, 0.2) is 25.5 Å². The van der Waals surface area contributed by atoms with E-state index < -0.39 is 0 Å². The summed E-state index contributed by atoms with van der Waals surface area (Å²) in [7, 11) is 0. The maximum Gasteiger partial charge on any atom is 0.214 e.